The minimum Gasteiger partial charge on any atom is -0.297 e. The van der Waals surface area contributed by atoms with Crippen molar-refractivity contribution in [1.29, 1.82) is 0 Å². The Balaban J connectivity index is 2.16. The molecule has 0 aliphatic carbocycles. The van der Waals surface area contributed by atoms with Gasteiger partial charge in [-0.2, -0.15) is 0 Å². The smallest absolute Gasteiger partial charge is 0.155 e. The molecule has 0 spiro atoms. The molecule has 0 aliphatic heterocycles. The van der Waals surface area contributed by atoms with E-state index in [9.17, 15) is 0 Å². The summed E-state index contributed by atoms with van der Waals surface area (Å²) < 4.78 is 1.95. The molecule has 0 atom stereocenters. The van der Waals surface area contributed by atoms with Crippen molar-refractivity contribution in [3.8, 4) is 16.9 Å². The molecule has 0 amide bonds. The summed E-state index contributed by atoms with van der Waals surface area (Å²) in [6, 6.07) is 17.5. The maximum Gasteiger partial charge on any atom is 0.155 e. The highest BCUT2D eigenvalue weighted by Crippen LogP contribution is 2.29. The van der Waals surface area contributed by atoms with Crippen molar-refractivity contribution in [1.82, 2.24) is 9.55 Å². The standard InChI is InChI=1S/C15H10Cl2N2/c16-12-6-8-13(9-7-12)19-10-18-15(17)14(19)11-4-2-1-3-5-11/h1-10H. The minimum absolute atomic E-state index is 0.487. The van der Waals surface area contributed by atoms with E-state index in [1.165, 1.54) is 0 Å². The fraction of sp³-hybridized carbons (Fsp3) is 0. The van der Waals surface area contributed by atoms with Gasteiger partial charge in [0.1, 0.15) is 6.33 Å². The molecule has 1 aromatic heterocycles. The number of nitrogens with zero attached hydrogens (tertiary/aromatic N) is 2. The molecule has 0 saturated carbocycles. The molecular weight excluding hydrogens is 279 g/mol. The van der Waals surface area contributed by atoms with E-state index >= 15 is 0 Å². The van der Waals surface area contributed by atoms with Crippen LogP contribution in [-0.2, 0) is 0 Å². The number of hydrogen-bond donors (Lipinski definition) is 0. The third-order valence-corrected chi connectivity index (χ3v) is 3.40. The van der Waals surface area contributed by atoms with Gasteiger partial charge in [0.05, 0.1) is 5.69 Å². The third-order valence-electron chi connectivity index (χ3n) is 2.87. The Morgan fingerprint density at radius 3 is 2.21 bits per heavy atom. The fourth-order valence-corrected chi connectivity index (χ4v) is 2.35. The van der Waals surface area contributed by atoms with Crippen molar-refractivity contribution in [2.75, 3.05) is 0 Å². The predicted molar refractivity (Wildman–Crippen MR) is 79.0 cm³/mol. The maximum atomic E-state index is 6.20. The van der Waals surface area contributed by atoms with Crippen LogP contribution in [0.5, 0.6) is 0 Å². The number of benzene rings is 2. The molecule has 2 aromatic carbocycles. The summed E-state index contributed by atoms with van der Waals surface area (Å²) >= 11 is 12.1. The number of imidazole rings is 1. The summed E-state index contributed by atoms with van der Waals surface area (Å²) in [6.07, 6.45) is 1.72. The van der Waals surface area contributed by atoms with Gasteiger partial charge in [0, 0.05) is 16.3 Å². The Morgan fingerprint density at radius 1 is 0.842 bits per heavy atom. The van der Waals surface area contributed by atoms with Crippen LogP contribution in [-0.4, -0.2) is 9.55 Å². The van der Waals surface area contributed by atoms with E-state index in [4.69, 9.17) is 23.2 Å². The molecule has 0 radical (unpaired) electrons. The number of halogens is 2. The monoisotopic (exact) mass is 288 g/mol. The van der Waals surface area contributed by atoms with Gasteiger partial charge in [0.15, 0.2) is 5.15 Å². The Kier molecular flexibility index (Phi) is 3.28. The topological polar surface area (TPSA) is 17.8 Å². The van der Waals surface area contributed by atoms with Crippen LogP contribution >= 0.6 is 23.2 Å². The van der Waals surface area contributed by atoms with Crippen molar-refractivity contribution in [3.63, 3.8) is 0 Å². The second-order valence-corrected chi connectivity index (χ2v) is 4.89. The second kappa shape index (κ2) is 5.08. The fourth-order valence-electron chi connectivity index (χ4n) is 1.98. The van der Waals surface area contributed by atoms with Gasteiger partial charge in [-0.05, 0) is 24.3 Å². The molecule has 3 rings (SSSR count). The average Bonchev–Trinajstić information content (AvgIpc) is 2.82. The molecule has 1 heterocycles. The van der Waals surface area contributed by atoms with E-state index in [1.807, 2.05) is 59.2 Å². The Bertz CT molecular complexity index is 688. The first kappa shape index (κ1) is 12.3. The molecule has 0 unspecified atom stereocenters. The summed E-state index contributed by atoms with van der Waals surface area (Å²) in [5, 5.41) is 1.19. The van der Waals surface area contributed by atoms with Gasteiger partial charge in [-0.3, -0.25) is 4.57 Å². The molecule has 0 N–H and O–H groups in total. The lowest BCUT2D eigenvalue weighted by Crippen LogP contribution is -1.95. The van der Waals surface area contributed by atoms with Crippen LogP contribution in [0, 0.1) is 0 Å². The van der Waals surface area contributed by atoms with E-state index in [0.717, 1.165) is 16.9 Å². The molecule has 0 fully saturated rings. The molecule has 4 heteroatoms. The summed E-state index contributed by atoms with van der Waals surface area (Å²) in [5.74, 6) is 0. The van der Waals surface area contributed by atoms with Gasteiger partial charge < -0.3 is 0 Å². The quantitative estimate of drug-likeness (QED) is 0.659. The highest BCUT2D eigenvalue weighted by Gasteiger charge is 2.12. The largest absolute Gasteiger partial charge is 0.297 e. The lowest BCUT2D eigenvalue weighted by Gasteiger charge is -2.08. The molecule has 0 saturated heterocycles. The minimum atomic E-state index is 0.487. The van der Waals surface area contributed by atoms with Gasteiger partial charge in [-0.15, -0.1) is 0 Å². The summed E-state index contributed by atoms with van der Waals surface area (Å²) in [6.45, 7) is 0. The SMILES string of the molecule is Clc1ccc(-n2cnc(Cl)c2-c2ccccc2)cc1. The first-order valence-corrected chi connectivity index (χ1v) is 6.55. The summed E-state index contributed by atoms with van der Waals surface area (Å²) in [7, 11) is 0. The average molecular weight is 289 g/mol. The van der Waals surface area contributed by atoms with Crippen LogP contribution in [0.2, 0.25) is 10.2 Å². The molecule has 94 valence electrons. The van der Waals surface area contributed by atoms with Crippen LogP contribution < -0.4 is 0 Å². The lowest BCUT2D eigenvalue weighted by molar-refractivity contribution is 1.06. The zero-order chi connectivity index (χ0) is 13.2. The Hall–Kier alpha value is -1.77. The van der Waals surface area contributed by atoms with Crippen molar-refractivity contribution in [3.05, 3.63) is 71.1 Å². The molecule has 19 heavy (non-hydrogen) atoms. The summed E-state index contributed by atoms with van der Waals surface area (Å²) in [4.78, 5) is 4.19. The highest BCUT2D eigenvalue weighted by atomic mass is 35.5. The van der Waals surface area contributed by atoms with E-state index in [1.54, 1.807) is 6.33 Å². The van der Waals surface area contributed by atoms with E-state index in [0.29, 0.717) is 10.2 Å². The lowest BCUT2D eigenvalue weighted by atomic mass is 10.1. The van der Waals surface area contributed by atoms with Crippen molar-refractivity contribution in [2.45, 2.75) is 0 Å². The van der Waals surface area contributed by atoms with Crippen LogP contribution in [0.4, 0.5) is 0 Å². The van der Waals surface area contributed by atoms with Crippen LogP contribution in [0.1, 0.15) is 0 Å². The Morgan fingerprint density at radius 2 is 1.53 bits per heavy atom. The van der Waals surface area contributed by atoms with Crippen molar-refractivity contribution in [2.24, 2.45) is 0 Å². The zero-order valence-electron chi connectivity index (χ0n) is 9.92. The van der Waals surface area contributed by atoms with Crippen LogP contribution in [0.3, 0.4) is 0 Å². The van der Waals surface area contributed by atoms with Gasteiger partial charge in [-0.25, -0.2) is 4.98 Å². The molecule has 2 nitrogen and oxygen atoms in total. The van der Waals surface area contributed by atoms with Crippen molar-refractivity contribution < 1.29 is 0 Å². The first-order chi connectivity index (χ1) is 9.25. The number of rotatable bonds is 2. The third kappa shape index (κ3) is 2.37. The van der Waals surface area contributed by atoms with E-state index < -0.39 is 0 Å². The molecule has 0 bridgehead atoms. The van der Waals surface area contributed by atoms with Gasteiger partial charge >= 0.3 is 0 Å². The highest BCUT2D eigenvalue weighted by molar-refractivity contribution is 6.32. The van der Waals surface area contributed by atoms with Crippen molar-refractivity contribution >= 4 is 23.2 Å². The van der Waals surface area contributed by atoms with Crippen LogP contribution in [0.15, 0.2) is 60.9 Å². The van der Waals surface area contributed by atoms with Gasteiger partial charge in [0.25, 0.3) is 0 Å². The van der Waals surface area contributed by atoms with E-state index in [2.05, 4.69) is 4.98 Å². The first-order valence-electron chi connectivity index (χ1n) is 5.80. The summed E-state index contributed by atoms with van der Waals surface area (Å²) in [5.41, 5.74) is 2.88. The van der Waals surface area contributed by atoms with Crippen LogP contribution in [0.25, 0.3) is 16.9 Å². The molecule has 3 aromatic rings. The maximum absolute atomic E-state index is 6.20. The van der Waals surface area contributed by atoms with Gasteiger partial charge in [-0.1, -0.05) is 53.5 Å². The second-order valence-electron chi connectivity index (χ2n) is 4.10. The zero-order valence-corrected chi connectivity index (χ0v) is 11.4. The number of aromatic nitrogens is 2. The Labute approximate surface area is 121 Å². The molecular formula is C15H10Cl2N2. The van der Waals surface area contributed by atoms with E-state index in [-0.39, 0.29) is 0 Å². The predicted octanol–water partition coefficient (Wildman–Crippen LogP) is 4.85. The molecule has 0 aliphatic rings. The normalized spacial score (nSPS) is 10.6. The van der Waals surface area contributed by atoms with Gasteiger partial charge in [0.2, 0.25) is 0 Å². The number of hydrogen-bond acceptors (Lipinski definition) is 1.